The first-order chi connectivity index (χ1) is 12.0. The number of nitrogens with zero attached hydrogens (tertiary/aromatic N) is 2. The van der Waals surface area contributed by atoms with Crippen molar-refractivity contribution in [2.45, 2.75) is 26.3 Å². The van der Waals surface area contributed by atoms with Crippen LogP contribution >= 0.6 is 0 Å². The number of hydrogen-bond acceptors (Lipinski definition) is 4. The molecule has 0 bridgehead atoms. The number of piperazine rings is 1. The Morgan fingerprint density at radius 3 is 2.36 bits per heavy atom. The Morgan fingerprint density at radius 2 is 1.76 bits per heavy atom. The molecule has 1 aromatic carbocycles. The van der Waals surface area contributed by atoms with Crippen molar-refractivity contribution in [2.75, 3.05) is 39.3 Å². The minimum absolute atomic E-state index is 0.0310. The van der Waals surface area contributed by atoms with E-state index < -0.39 is 6.04 Å². The zero-order valence-electron chi connectivity index (χ0n) is 15.3. The zero-order valence-corrected chi connectivity index (χ0v) is 15.3. The topological polar surface area (TPSA) is 78.7 Å². The molecule has 1 fully saturated rings. The fourth-order valence-electron chi connectivity index (χ4n) is 2.85. The summed E-state index contributed by atoms with van der Waals surface area (Å²) in [6.07, 6.45) is 1.03. The molecule has 1 aliphatic heterocycles. The van der Waals surface area contributed by atoms with E-state index in [9.17, 15) is 9.59 Å². The number of carbonyl (C=O) groups excluding carboxylic acids is 2. The van der Waals surface area contributed by atoms with Crippen molar-refractivity contribution in [2.24, 2.45) is 11.7 Å². The lowest BCUT2D eigenvalue weighted by Gasteiger charge is -2.34. The molecule has 1 aromatic rings. The predicted molar refractivity (Wildman–Crippen MR) is 99.0 cm³/mol. The van der Waals surface area contributed by atoms with Crippen LogP contribution in [0.4, 0.5) is 0 Å². The van der Waals surface area contributed by atoms with Crippen LogP contribution in [-0.2, 0) is 16.0 Å². The molecule has 0 radical (unpaired) electrons. The van der Waals surface area contributed by atoms with Crippen LogP contribution in [0.15, 0.2) is 30.3 Å². The average molecular weight is 346 g/mol. The molecule has 1 aliphatic rings. The van der Waals surface area contributed by atoms with Gasteiger partial charge < -0.3 is 16.0 Å². The number of carbonyl (C=O) groups is 2. The van der Waals surface area contributed by atoms with Gasteiger partial charge in [-0.2, -0.15) is 0 Å². The van der Waals surface area contributed by atoms with Crippen molar-refractivity contribution in [1.82, 2.24) is 15.1 Å². The SMILES string of the molecule is CC(C)[C@H](N)C(=O)NCC(=O)N1CCN(CCc2ccccc2)CC1. The maximum absolute atomic E-state index is 12.2. The molecule has 6 heteroatoms. The van der Waals surface area contributed by atoms with Gasteiger partial charge in [0.15, 0.2) is 0 Å². The van der Waals surface area contributed by atoms with Crippen LogP contribution in [0.2, 0.25) is 0 Å². The normalized spacial score (nSPS) is 16.7. The Hall–Kier alpha value is -1.92. The molecular weight excluding hydrogens is 316 g/mol. The van der Waals surface area contributed by atoms with E-state index >= 15 is 0 Å². The van der Waals surface area contributed by atoms with Gasteiger partial charge in [-0.15, -0.1) is 0 Å². The van der Waals surface area contributed by atoms with Crippen LogP contribution in [-0.4, -0.2) is 66.9 Å². The Kier molecular flexibility index (Phi) is 7.40. The summed E-state index contributed by atoms with van der Waals surface area (Å²) in [5.41, 5.74) is 7.12. The lowest BCUT2D eigenvalue weighted by atomic mass is 10.1. The van der Waals surface area contributed by atoms with Crippen molar-refractivity contribution in [3.8, 4) is 0 Å². The summed E-state index contributed by atoms with van der Waals surface area (Å²) >= 11 is 0. The second kappa shape index (κ2) is 9.53. The molecule has 1 atom stereocenters. The van der Waals surface area contributed by atoms with Gasteiger partial charge in [-0.25, -0.2) is 0 Å². The third-order valence-corrected chi connectivity index (χ3v) is 4.72. The highest BCUT2D eigenvalue weighted by Crippen LogP contribution is 2.06. The molecule has 2 rings (SSSR count). The van der Waals surface area contributed by atoms with Gasteiger partial charge in [0.25, 0.3) is 0 Å². The average Bonchev–Trinajstić information content (AvgIpc) is 2.64. The molecule has 1 saturated heterocycles. The monoisotopic (exact) mass is 346 g/mol. The van der Waals surface area contributed by atoms with Gasteiger partial charge in [-0.1, -0.05) is 44.2 Å². The van der Waals surface area contributed by atoms with Crippen LogP contribution < -0.4 is 11.1 Å². The van der Waals surface area contributed by atoms with E-state index in [0.717, 1.165) is 26.1 Å². The molecule has 138 valence electrons. The largest absolute Gasteiger partial charge is 0.346 e. The van der Waals surface area contributed by atoms with E-state index in [1.807, 2.05) is 24.8 Å². The van der Waals surface area contributed by atoms with E-state index in [1.54, 1.807) is 0 Å². The summed E-state index contributed by atoms with van der Waals surface area (Å²) < 4.78 is 0. The highest BCUT2D eigenvalue weighted by molar-refractivity contribution is 5.87. The summed E-state index contributed by atoms with van der Waals surface area (Å²) in [7, 11) is 0. The van der Waals surface area contributed by atoms with Gasteiger partial charge >= 0.3 is 0 Å². The Labute approximate surface area is 150 Å². The Balaban J connectivity index is 1.67. The second-order valence-electron chi connectivity index (χ2n) is 6.95. The van der Waals surface area contributed by atoms with E-state index in [1.165, 1.54) is 5.56 Å². The highest BCUT2D eigenvalue weighted by Gasteiger charge is 2.22. The van der Waals surface area contributed by atoms with Crippen molar-refractivity contribution in [1.29, 1.82) is 0 Å². The molecule has 6 nitrogen and oxygen atoms in total. The van der Waals surface area contributed by atoms with Gasteiger partial charge in [0.1, 0.15) is 0 Å². The maximum Gasteiger partial charge on any atom is 0.242 e. The first kappa shape index (κ1) is 19.4. The molecule has 0 unspecified atom stereocenters. The quantitative estimate of drug-likeness (QED) is 0.752. The summed E-state index contributed by atoms with van der Waals surface area (Å²) in [6.45, 7) is 7.98. The van der Waals surface area contributed by atoms with Crippen molar-refractivity contribution in [3.05, 3.63) is 35.9 Å². The van der Waals surface area contributed by atoms with Gasteiger partial charge in [0.2, 0.25) is 11.8 Å². The molecule has 2 amide bonds. The van der Waals surface area contributed by atoms with Crippen LogP contribution in [0.1, 0.15) is 19.4 Å². The highest BCUT2D eigenvalue weighted by atomic mass is 16.2. The van der Waals surface area contributed by atoms with Gasteiger partial charge in [0, 0.05) is 32.7 Å². The molecule has 0 aromatic heterocycles. The molecule has 0 saturated carbocycles. The van der Waals surface area contributed by atoms with Crippen molar-refractivity contribution < 1.29 is 9.59 Å². The van der Waals surface area contributed by atoms with E-state index in [0.29, 0.717) is 13.1 Å². The second-order valence-corrected chi connectivity index (χ2v) is 6.95. The molecule has 0 aliphatic carbocycles. The minimum Gasteiger partial charge on any atom is -0.346 e. The number of nitrogens with one attached hydrogen (secondary N) is 1. The summed E-state index contributed by atoms with van der Waals surface area (Å²) in [5.74, 6) is -0.236. The number of nitrogens with two attached hydrogens (primary N) is 1. The van der Waals surface area contributed by atoms with Crippen molar-refractivity contribution in [3.63, 3.8) is 0 Å². The van der Waals surface area contributed by atoms with Gasteiger partial charge in [0.05, 0.1) is 12.6 Å². The van der Waals surface area contributed by atoms with Crippen LogP contribution in [0.5, 0.6) is 0 Å². The third kappa shape index (κ3) is 6.14. The number of hydrogen-bond donors (Lipinski definition) is 2. The standard InChI is InChI=1S/C19H30N4O2/c1-15(2)18(20)19(25)21-14-17(24)23-12-10-22(11-13-23)9-8-16-6-4-3-5-7-16/h3-7,15,18H,8-14,20H2,1-2H3,(H,21,25)/t18-/m0/s1. The fourth-order valence-corrected chi connectivity index (χ4v) is 2.85. The van der Waals surface area contributed by atoms with Crippen LogP contribution in [0.3, 0.4) is 0 Å². The zero-order chi connectivity index (χ0) is 18.2. The van der Waals surface area contributed by atoms with Crippen molar-refractivity contribution >= 4 is 11.8 Å². The number of amides is 2. The summed E-state index contributed by atoms with van der Waals surface area (Å²) in [4.78, 5) is 28.3. The molecule has 0 spiro atoms. The molecular formula is C19H30N4O2. The molecule has 3 N–H and O–H groups in total. The third-order valence-electron chi connectivity index (χ3n) is 4.72. The Morgan fingerprint density at radius 1 is 1.12 bits per heavy atom. The smallest absolute Gasteiger partial charge is 0.242 e. The maximum atomic E-state index is 12.2. The lowest BCUT2D eigenvalue weighted by molar-refractivity contribution is -0.134. The first-order valence-electron chi connectivity index (χ1n) is 9.04. The predicted octanol–water partition coefficient (Wildman–Crippen LogP) is 0.473. The first-order valence-corrected chi connectivity index (χ1v) is 9.04. The van der Waals surface area contributed by atoms with E-state index in [4.69, 9.17) is 5.73 Å². The number of rotatable bonds is 7. The van der Waals surface area contributed by atoms with Gasteiger partial charge in [-0.3, -0.25) is 14.5 Å². The van der Waals surface area contributed by atoms with E-state index in [2.05, 4.69) is 34.5 Å². The number of benzene rings is 1. The van der Waals surface area contributed by atoms with E-state index in [-0.39, 0.29) is 24.3 Å². The summed E-state index contributed by atoms with van der Waals surface area (Å²) in [6, 6.07) is 9.87. The minimum atomic E-state index is -0.567. The van der Waals surface area contributed by atoms with Crippen LogP contribution in [0, 0.1) is 5.92 Å². The van der Waals surface area contributed by atoms with Gasteiger partial charge in [-0.05, 0) is 17.9 Å². The molecule has 25 heavy (non-hydrogen) atoms. The fraction of sp³-hybridized carbons (Fsp3) is 0.579. The summed E-state index contributed by atoms with van der Waals surface area (Å²) in [5, 5.41) is 2.65. The lowest BCUT2D eigenvalue weighted by Crippen LogP contribution is -2.53. The Bertz CT molecular complexity index is 554. The van der Waals surface area contributed by atoms with Crippen LogP contribution in [0.25, 0.3) is 0 Å². The molecule has 1 heterocycles.